The fourth-order valence-electron chi connectivity index (χ4n) is 1.67. The minimum Gasteiger partial charge on any atom is -0.376 e. The van der Waals surface area contributed by atoms with Crippen LogP contribution in [0.25, 0.3) is 0 Å². The molecule has 0 radical (unpaired) electrons. The smallest absolute Gasteiger partial charge is 0.243 e. The Morgan fingerprint density at radius 3 is 2.25 bits per heavy atom. The Morgan fingerprint density at radius 2 is 1.69 bits per heavy atom. The molecular formula is C11H20N2OS2. The second-order valence-electron chi connectivity index (χ2n) is 3.85. The SMILES string of the molecule is C=C1NC(CCSC)C(=O)NC1CCSC. The number of amides is 1. The molecule has 2 atom stereocenters. The summed E-state index contributed by atoms with van der Waals surface area (Å²) in [5.74, 6) is 2.15. The zero-order chi connectivity index (χ0) is 12.0. The van der Waals surface area contributed by atoms with Gasteiger partial charge in [-0.05, 0) is 36.9 Å². The number of piperazine rings is 1. The highest BCUT2D eigenvalue weighted by atomic mass is 32.2. The summed E-state index contributed by atoms with van der Waals surface area (Å²) >= 11 is 3.55. The Bertz CT molecular complexity index is 232. The van der Waals surface area contributed by atoms with Gasteiger partial charge in [-0.25, -0.2) is 0 Å². The summed E-state index contributed by atoms with van der Waals surface area (Å²) in [5.41, 5.74) is 0.958. The molecule has 1 saturated heterocycles. The van der Waals surface area contributed by atoms with E-state index in [4.69, 9.17) is 0 Å². The Labute approximate surface area is 106 Å². The first-order chi connectivity index (χ1) is 7.69. The van der Waals surface area contributed by atoms with Crippen molar-refractivity contribution in [2.24, 2.45) is 0 Å². The van der Waals surface area contributed by atoms with E-state index in [1.807, 2.05) is 0 Å². The molecule has 0 aromatic heterocycles. The molecule has 2 unspecified atom stereocenters. The molecule has 5 heteroatoms. The lowest BCUT2D eigenvalue weighted by atomic mass is 10.0. The third-order valence-corrected chi connectivity index (χ3v) is 3.92. The number of hydrogen-bond donors (Lipinski definition) is 2. The molecule has 0 aliphatic carbocycles. The number of thioether (sulfide) groups is 2. The molecule has 0 saturated carbocycles. The van der Waals surface area contributed by atoms with Crippen molar-refractivity contribution in [3.63, 3.8) is 0 Å². The van der Waals surface area contributed by atoms with Gasteiger partial charge in [0.1, 0.15) is 6.04 Å². The highest BCUT2D eigenvalue weighted by Gasteiger charge is 2.28. The van der Waals surface area contributed by atoms with E-state index in [9.17, 15) is 4.79 Å². The normalized spacial score (nSPS) is 25.1. The van der Waals surface area contributed by atoms with Crippen LogP contribution in [0.3, 0.4) is 0 Å². The molecule has 1 aliphatic heterocycles. The minimum atomic E-state index is -0.0921. The fraction of sp³-hybridized carbons (Fsp3) is 0.727. The van der Waals surface area contributed by atoms with Gasteiger partial charge in [0.15, 0.2) is 0 Å². The fourth-order valence-corrected chi connectivity index (χ4v) is 2.61. The predicted molar refractivity (Wildman–Crippen MR) is 74.0 cm³/mol. The summed E-state index contributed by atoms with van der Waals surface area (Å²) in [6, 6.07) is 0.0101. The van der Waals surface area contributed by atoms with Crippen LogP contribution in [-0.2, 0) is 4.79 Å². The number of rotatable bonds is 6. The third-order valence-electron chi connectivity index (χ3n) is 2.63. The first-order valence-corrected chi connectivity index (χ1v) is 8.21. The molecule has 16 heavy (non-hydrogen) atoms. The van der Waals surface area contributed by atoms with Crippen molar-refractivity contribution in [3.05, 3.63) is 12.3 Å². The van der Waals surface area contributed by atoms with Crippen molar-refractivity contribution in [3.8, 4) is 0 Å². The average molecular weight is 260 g/mol. The largest absolute Gasteiger partial charge is 0.376 e. The molecule has 1 rings (SSSR count). The molecule has 0 bridgehead atoms. The van der Waals surface area contributed by atoms with Gasteiger partial charge in [0.2, 0.25) is 5.91 Å². The van der Waals surface area contributed by atoms with Gasteiger partial charge >= 0.3 is 0 Å². The van der Waals surface area contributed by atoms with Crippen LogP contribution in [0.2, 0.25) is 0 Å². The van der Waals surface area contributed by atoms with Crippen LogP contribution in [0.1, 0.15) is 12.8 Å². The zero-order valence-electron chi connectivity index (χ0n) is 9.91. The Kier molecular flexibility index (Phi) is 6.13. The second kappa shape index (κ2) is 7.12. The quantitative estimate of drug-likeness (QED) is 0.759. The molecule has 0 aromatic rings. The first-order valence-electron chi connectivity index (χ1n) is 5.42. The van der Waals surface area contributed by atoms with Crippen LogP contribution in [-0.4, -0.2) is 42.0 Å². The van der Waals surface area contributed by atoms with Crippen LogP contribution >= 0.6 is 23.5 Å². The molecular weight excluding hydrogens is 240 g/mol. The van der Waals surface area contributed by atoms with E-state index >= 15 is 0 Å². The predicted octanol–water partition coefficient (Wildman–Crippen LogP) is 1.46. The monoisotopic (exact) mass is 260 g/mol. The molecule has 1 aliphatic rings. The van der Waals surface area contributed by atoms with Crippen LogP contribution in [0.4, 0.5) is 0 Å². The summed E-state index contributed by atoms with van der Waals surface area (Å²) in [6.07, 6.45) is 5.94. The summed E-state index contributed by atoms with van der Waals surface area (Å²) in [6.45, 7) is 4.00. The Hall–Kier alpha value is -0.290. The molecule has 2 N–H and O–H groups in total. The molecule has 1 heterocycles. The van der Waals surface area contributed by atoms with Gasteiger partial charge in [-0.1, -0.05) is 6.58 Å². The van der Waals surface area contributed by atoms with Gasteiger partial charge in [0.25, 0.3) is 0 Å². The van der Waals surface area contributed by atoms with E-state index < -0.39 is 0 Å². The van der Waals surface area contributed by atoms with Crippen LogP contribution in [0.15, 0.2) is 12.3 Å². The van der Waals surface area contributed by atoms with E-state index in [2.05, 4.69) is 29.7 Å². The number of hydrogen-bond acceptors (Lipinski definition) is 4. The van der Waals surface area contributed by atoms with Crippen LogP contribution < -0.4 is 10.6 Å². The summed E-state index contributed by atoms with van der Waals surface area (Å²) in [5, 5.41) is 6.27. The molecule has 1 amide bonds. The van der Waals surface area contributed by atoms with Crippen molar-refractivity contribution >= 4 is 29.4 Å². The van der Waals surface area contributed by atoms with Gasteiger partial charge in [-0.2, -0.15) is 23.5 Å². The van der Waals surface area contributed by atoms with E-state index in [-0.39, 0.29) is 18.0 Å². The number of nitrogens with one attached hydrogen (secondary N) is 2. The van der Waals surface area contributed by atoms with Crippen molar-refractivity contribution in [1.29, 1.82) is 0 Å². The van der Waals surface area contributed by atoms with E-state index in [1.165, 1.54) is 0 Å². The van der Waals surface area contributed by atoms with Gasteiger partial charge in [0, 0.05) is 5.70 Å². The zero-order valence-corrected chi connectivity index (χ0v) is 11.5. The number of carbonyl (C=O) groups is 1. The topological polar surface area (TPSA) is 41.1 Å². The summed E-state index contributed by atoms with van der Waals surface area (Å²) in [4.78, 5) is 11.8. The lowest BCUT2D eigenvalue weighted by molar-refractivity contribution is -0.124. The Balaban J connectivity index is 2.43. The van der Waals surface area contributed by atoms with Gasteiger partial charge < -0.3 is 10.6 Å². The first kappa shape index (κ1) is 13.8. The minimum absolute atomic E-state index is 0.0921. The van der Waals surface area contributed by atoms with Gasteiger partial charge in [-0.15, -0.1) is 0 Å². The maximum absolute atomic E-state index is 11.8. The summed E-state index contributed by atoms with van der Waals surface area (Å²) in [7, 11) is 0. The molecule has 1 fully saturated rings. The standard InChI is InChI=1S/C11H20N2OS2/c1-8-9(4-6-15-2)13-11(14)10(12-8)5-7-16-3/h9-10,12H,1,4-7H2,2-3H3,(H,13,14). The molecule has 0 spiro atoms. The summed E-state index contributed by atoms with van der Waals surface area (Å²) < 4.78 is 0. The van der Waals surface area contributed by atoms with Gasteiger partial charge in [-0.3, -0.25) is 4.79 Å². The van der Waals surface area contributed by atoms with Crippen molar-refractivity contribution in [2.45, 2.75) is 24.9 Å². The molecule has 3 nitrogen and oxygen atoms in total. The average Bonchev–Trinajstić information content (AvgIpc) is 2.28. The maximum Gasteiger partial charge on any atom is 0.243 e. The maximum atomic E-state index is 11.8. The van der Waals surface area contributed by atoms with E-state index in [0.29, 0.717) is 0 Å². The molecule has 92 valence electrons. The molecule has 0 aromatic carbocycles. The van der Waals surface area contributed by atoms with E-state index in [0.717, 1.165) is 30.0 Å². The lowest BCUT2D eigenvalue weighted by Gasteiger charge is -2.33. The van der Waals surface area contributed by atoms with Crippen molar-refractivity contribution in [1.82, 2.24) is 10.6 Å². The van der Waals surface area contributed by atoms with Crippen molar-refractivity contribution in [2.75, 3.05) is 24.0 Å². The van der Waals surface area contributed by atoms with Gasteiger partial charge in [0.05, 0.1) is 6.04 Å². The van der Waals surface area contributed by atoms with Crippen LogP contribution in [0, 0.1) is 0 Å². The highest BCUT2D eigenvalue weighted by Crippen LogP contribution is 2.14. The lowest BCUT2D eigenvalue weighted by Crippen LogP contribution is -2.56. The second-order valence-corrected chi connectivity index (χ2v) is 5.82. The van der Waals surface area contributed by atoms with Crippen LogP contribution in [0.5, 0.6) is 0 Å². The Morgan fingerprint density at radius 1 is 1.12 bits per heavy atom. The van der Waals surface area contributed by atoms with E-state index in [1.54, 1.807) is 23.5 Å². The highest BCUT2D eigenvalue weighted by molar-refractivity contribution is 7.98. The third kappa shape index (κ3) is 3.94. The number of carbonyl (C=O) groups excluding carboxylic acids is 1. The van der Waals surface area contributed by atoms with Crippen molar-refractivity contribution < 1.29 is 4.79 Å².